The largest absolute Gasteiger partial charge is 0.490 e. The third-order valence-corrected chi connectivity index (χ3v) is 17.6. The molecule has 2 unspecified atom stereocenters. The van der Waals surface area contributed by atoms with Crippen LogP contribution in [0, 0.1) is 23.7 Å². The van der Waals surface area contributed by atoms with E-state index in [-0.39, 0.29) is 66.1 Å². The molecule has 0 saturated heterocycles. The Morgan fingerprint density at radius 1 is 0.477 bits per heavy atom. The molecule has 20 nitrogen and oxygen atoms in total. The summed E-state index contributed by atoms with van der Waals surface area (Å²) in [5.74, 6) is -6.40. The van der Waals surface area contributed by atoms with Gasteiger partial charge in [0, 0.05) is 46.6 Å². The summed E-state index contributed by atoms with van der Waals surface area (Å²) in [7, 11) is 0. The maximum absolute atomic E-state index is 14.4. The van der Waals surface area contributed by atoms with Crippen molar-refractivity contribution in [2.24, 2.45) is 23.7 Å². The first-order valence-corrected chi connectivity index (χ1v) is 29.9. The predicted octanol–water partition coefficient (Wildman–Crippen LogP) is 10.2. The Labute approximate surface area is 514 Å². The van der Waals surface area contributed by atoms with Gasteiger partial charge in [0.05, 0.1) is 43.3 Å². The van der Waals surface area contributed by atoms with Crippen LogP contribution in [-0.4, -0.2) is 98.0 Å². The number of thioether (sulfide) groups is 2. The lowest BCUT2D eigenvalue weighted by molar-refractivity contribution is -0.154. The molecule has 0 spiro atoms. The fraction of sp³-hybridized carbons (Fsp3) is 0.303. The maximum atomic E-state index is 14.4. The van der Waals surface area contributed by atoms with Crippen molar-refractivity contribution in [2.75, 3.05) is 26.4 Å². The Morgan fingerprint density at radius 3 is 1.26 bits per heavy atom. The number of benzene rings is 4. The highest BCUT2D eigenvalue weighted by Gasteiger charge is 2.43. The minimum atomic E-state index is -0.946. The first-order chi connectivity index (χ1) is 42.5. The van der Waals surface area contributed by atoms with Crippen LogP contribution in [0.15, 0.2) is 149 Å². The number of rotatable bonds is 24. The van der Waals surface area contributed by atoms with E-state index in [2.05, 4.69) is 26.3 Å². The van der Waals surface area contributed by atoms with Gasteiger partial charge in [0.2, 0.25) is 0 Å². The Hall–Kier alpha value is -9.28. The van der Waals surface area contributed by atoms with Gasteiger partial charge in [-0.3, -0.25) is 28.8 Å². The van der Waals surface area contributed by atoms with E-state index in [1.807, 2.05) is 12.2 Å². The van der Waals surface area contributed by atoms with Crippen molar-refractivity contribution >= 4 is 88.9 Å². The van der Waals surface area contributed by atoms with E-state index in [9.17, 15) is 47.9 Å². The molecule has 4 aliphatic carbocycles. The summed E-state index contributed by atoms with van der Waals surface area (Å²) in [6.07, 6.45) is 9.24. The first kappa shape index (κ1) is 63.2. The number of fused-ring (bicyclic) bond motifs is 3. The van der Waals surface area contributed by atoms with Crippen molar-refractivity contribution < 1.29 is 95.3 Å². The molecule has 0 radical (unpaired) electrons. The second-order valence-corrected chi connectivity index (χ2v) is 23.1. The molecule has 456 valence electrons. The second kappa shape index (κ2) is 29.4. The summed E-state index contributed by atoms with van der Waals surface area (Å²) in [6.45, 7) is 12.5. The van der Waals surface area contributed by atoms with Gasteiger partial charge in [0.15, 0.2) is 29.5 Å². The van der Waals surface area contributed by atoms with Gasteiger partial charge in [-0.1, -0.05) is 86.3 Å². The van der Waals surface area contributed by atoms with Crippen molar-refractivity contribution in [1.82, 2.24) is 0 Å². The summed E-state index contributed by atoms with van der Waals surface area (Å²) in [5, 5.41) is 0. The van der Waals surface area contributed by atoms with Gasteiger partial charge in [-0.05, 0) is 113 Å². The molecule has 5 aliphatic rings. The molecule has 2 fully saturated rings. The zero-order valence-corrected chi connectivity index (χ0v) is 49.2. The number of hydrogen-bond donors (Lipinski definition) is 0. The molecule has 88 heavy (non-hydrogen) atoms. The first-order valence-electron chi connectivity index (χ1n) is 28.3. The highest BCUT2D eigenvalue weighted by Crippen LogP contribution is 2.63. The van der Waals surface area contributed by atoms with Crippen LogP contribution in [0.5, 0.6) is 34.5 Å². The SMILES string of the molecule is C=CC(=O)OCC(COc1ccc(OC(=O)C2CCC(C(=O)Oc3c4c(c(OC(=O)C5CCC(C(=O)Oc6ccc(OCC(COC(=O)C=C)OC(=O)C=C)cc6)CC5)c5c3SC(=C3C(=O)c6ccccc6C3=O)S5)CCC=C4)CC2)cc1)OC(=O)C=C. The standard InChI is InChI=1S/C66H60O20S2/c1-5-51(67)79-35-45(81-53(69)7-3)33-77-41-25-29-43(30-26-41)83-62(73)37-17-21-39(22-18-37)64(75)85-58-49-15-11-12-16-50(49)59(61-60(58)87-66(88-61)55-56(71)47-13-9-10-14-48(47)57(55)72)86-65(76)40-23-19-38(20-24-40)63(74)84-44-31-27-42(28-32-44)78-34-46(82-54(70)8-4)36-80-52(68)6-2/h5-11,13-15,25-32,37-40,45-46H,1-4,12,16-24,33-36H2. The third kappa shape index (κ3) is 15.5. The number of Topliss-reactive ketones (excluding diaryl/α,β-unsaturated/α-hetero) is 2. The van der Waals surface area contributed by atoms with E-state index >= 15 is 0 Å². The number of ether oxygens (including phenoxy) is 10. The zero-order valence-electron chi connectivity index (χ0n) is 47.6. The lowest BCUT2D eigenvalue weighted by Crippen LogP contribution is -2.31. The van der Waals surface area contributed by atoms with Gasteiger partial charge >= 0.3 is 47.8 Å². The lowest BCUT2D eigenvalue weighted by atomic mass is 9.82. The zero-order chi connectivity index (χ0) is 62.4. The Kier molecular flexibility index (Phi) is 21.1. The summed E-state index contributed by atoms with van der Waals surface area (Å²) in [5.41, 5.74) is 1.62. The molecule has 4 aromatic rings. The average molecular weight is 1240 g/mol. The predicted molar refractivity (Wildman–Crippen MR) is 317 cm³/mol. The van der Waals surface area contributed by atoms with E-state index in [0.29, 0.717) is 101 Å². The fourth-order valence-corrected chi connectivity index (χ4v) is 13.1. The van der Waals surface area contributed by atoms with Crippen molar-refractivity contribution in [3.63, 3.8) is 0 Å². The molecule has 9 rings (SSSR count). The van der Waals surface area contributed by atoms with Crippen LogP contribution in [0.25, 0.3) is 6.08 Å². The smallest absolute Gasteiger partial charge is 0.330 e. The third-order valence-electron chi connectivity index (χ3n) is 15.0. The minimum Gasteiger partial charge on any atom is -0.490 e. The van der Waals surface area contributed by atoms with Crippen LogP contribution in [0.1, 0.15) is 89.6 Å². The van der Waals surface area contributed by atoms with Crippen LogP contribution in [0.2, 0.25) is 0 Å². The minimum absolute atomic E-state index is 0.0374. The number of carbonyl (C=O) groups is 10. The molecule has 0 N–H and O–H groups in total. The van der Waals surface area contributed by atoms with Gasteiger partial charge in [-0.15, -0.1) is 0 Å². The van der Waals surface area contributed by atoms with Gasteiger partial charge in [-0.25, -0.2) is 19.2 Å². The van der Waals surface area contributed by atoms with Gasteiger partial charge in [0.1, 0.15) is 55.2 Å². The van der Waals surface area contributed by atoms with Crippen LogP contribution in [0.3, 0.4) is 0 Å². The number of hydrogen-bond acceptors (Lipinski definition) is 22. The molecule has 1 aliphatic heterocycles. The molecule has 0 aromatic heterocycles. The highest BCUT2D eigenvalue weighted by molar-refractivity contribution is 8.25. The van der Waals surface area contributed by atoms with Crippen molar-refractivity contribution in [1.29, 1.82) is 0 Å². The van der Waals surface area contributed by atoms with E-state index < -0.39 is 95.2 Å². The average Bonchev–Trinajstić information content (AvgIpc) is 1.57. The van der Waals surface area contributed by atoms with Crippen LogP contribution < -0.4 is 28.4 Å². The van der Waals surface area contributed by atoms with Crippen LogP contribution in [-0.2, 0) is 63.7 Å². The highest BCUT2D eigenvalue weighted by atomic mass is 32.2. The molecule has 4 aromatic carbocycles. The summed E-state index contributed by atoms with van der Waals surface area (Å²) >= 11 is 2.21. The number of carbonyl (C=O) groups excluding carboxylic acids is 10. The maximum Gasteiger partial charge on any atom is 0.330 e. The number of ketones is 2. The number of allylic oxidation sites excluding steroid dienone is 2. The monoisotopic (exact) mass is 1240 g/mol. The molecule has 22 heteroatoms. The van der Waals surface area contributed by atoms with Crippen molar-refractivity contribution in [3.8, 4) is 34.5 Å². The lowest BCUT2D eigenvalue weighted by Gasteiger charge is -2.28. The van der Waals surface area contributed by atoms with Crippen molar-refractivity contribution in [3.05, 3.63) is 162 Å². The molecule has 2 saturated carbocycles. The number of esters is 8. The molecule has 0 bridgehead atoms. The molecule has 2 atom stereocenters. The molecular weight excluding hydrogens is 1180 g/mol. The topological polar surface area (TPSA) is 263 Å². The van der Waals surface area contributed by atoms with Crippen molar-refractivity contribution in [2.45, 2.75) is 86.2 Å². The Morgan fingerprint density at radius 2 is 0.852 bits per heavy atom. The normalized spacial score (nSPS) is 18.7. The molecule has 0 amide bonds. The van der Waals surface area contributed by atoms with E-state index in [1.54, 1.807) is 48.5 Å². The Balaban J connectivity index is 0.837. The quantitative estimate of drug-likeness (QED) is 0.0207. The van der Waals surface area contributed by atoms with Crippen LogP contribution in [0.4, 0.5) is 0 Å². The van der Waals surface area contributed by atoms with E-state index in [0.717, 1.165) is 47.8 Å². The summed E-state index contributed by atoms with van der Waals surface area (Å²) in [4.78, 5) is 131. The van der Waals surface area contributed by atoms with E-state index in [4.69, 9.17) is 47.4 Å². The fourth-order valence-electron chi connectivity index (χ4n) is 10.3. The van der Waals surface area contributed by atoms with Gasteiger partial charge < -0.3 is 47.4 Å². The Bertz CT molecular complexity index is 3490. The molecular formula is C66H60O20S2. The summed E-state index contributed by atoms with van der Waals surface area (Å²) in [6, 6.07) is 18.9. The van der Waals surface area contributed by atoms with Crippen LogP contribution >= 0.6 is 23.5 Å². The van der Waals surface area contributed by atoms with Gasteiger partial charge in [-0.2, -0.15) is 0 Å². The second-order valence-electron chi connectivity index (χ2n) is 20.8. The van der Waals surface area contributed by atoms with E-state index in [1.165, 1.54) is 24.3 Å². The van der Waals surface area contributed by atoms with Gasteiger partial charge in [0.25, 0.3) is 0 Å². The molecule has 1 heterocycles. The summed E-state index contributed by atoms with van der Waals surface area (Å²) < 4.78 is 56.5.